The first-order valence-electron chi connectivity index (χ1n) is 10.0. The number of hydrogen-bond donors (Lipinski definition) is 1. The highest BCUT2D eigenvalue weighted by molar-refractivity contribution is 7.99. The largest absolute Gasteiger partial charge is 0.462 e. The maximum absolute atomic E-state index is 12.5. The van der Waals surface area contributed by atoms with Crippen LogP contribution in [0.5, 0.6) is 0 Å². The minimum Gasteiger partial charge on any atom is -0.462 e. The van der Waals surface area contributed by atoms with E-state index in [2.05, 4.69) is 25.7 Å². The molecule has 1 N–H and O–H groups in total. The van der Waals surface area contributed by atoms with Crippen LogP contribution in [0, 0.1) is 0 Å². The van der Waals surface area contributed by atoms with Crippen molar-refractivity contribution in [3.05, 3.63) is 60.2 Å². The van der Waals surface area contributed by atoms with Crippen molar-refractivity contribution >= 4 is 29.3 Å². The predicted molar refractivity (Wildman–Crippen MR) is 121 cm³/mol. The number of carbonyl (C=O) groups is 2. The summed E-state index contributed by atoms with van der Waals surface area (Å²) in [6.45, 7) is 1.97. The van der Waals surface area contributed by atoms with E-state index in [1.165, 1.54) is 11.8 Å². The smallest absolute Gasteiger partial charge is 0.340 e. The molecule has 1 amide bonds. The molecule has 0 saturated carbocycles. The Morgan fingerprint density at radius 3 is 2.64 bits per heavy atom. The molecule has 2 heterocycles. The highest BCUT2D eigenvalue weighted by Gasteiger charge is 2.19. The summed E-state index contributed by atoms with van der Waals surface area (Å²) >= 11 is 1.19. The van der Waals surface area contributed by atoms with Crippen molar-refractivity contribution in [1.82, 2.24) is 24.9 Å². The summed E-state index contributed by atoms with van der Waals surface area (Å²) in [5.74, 6) is 0.326. The van der Waals surface area contributed by atoms with Gasteiger partial charge in [0.1, 0.15) is 0 Å². The van der Waals surface area contributed by atoms with Crippen molar-refractivity contribution in [2.75, 3.05) is 17.7 Å². The van der Waals surface area contributed by atoms with Crippen molar-refractivity contribution in [3.8, 4) is 23.1 Å². The molecule has 4 aromatic rings. The van der Waals surface area contributed by atoms with Gasteiger partial charge in [-0.25, -0.2) is 4.79 Å². The third kappa shape index (κ3) is 5.09. The van der Waals surface area contributed by atoms with Gasteiger partial charge in [-0.05, 0) is 19.1 Å². The molecular formula is C22H20N6O4S. The Bertz CT molecular complexity index is 1270. The number of benzene rings is 2. The molecule has 0 spiro atoms. The molecule has 33 heavy (non-hydrogen) atoms. The van der Waals surface area contributed by atoms with E-state index in [0.717, 1.165) is 5.56 Å². The summed E-state index contributed by atoms with van der Waals surface area (Å²) in [5.41, 5.74) is 1.51. The predicted octanol–water partition coefficient (Wildman–Crippen LogP) is 3.44. The quantitative estimate of drug-likeness (QED) is 0.308. The SMILES string of the molecule is CCOC(=O)c1ccccc1NC(=O)CSc1nnc(-c2nc(-c3ccccc3)no2)n1C. The Morgan fingerprint density at radius 1 is 1.09 bits per heavy atom. The number of ether oxygens (including phenoxy) is 1. The first-order chi connectivity index (χ1) is 16.1. The van der Waals surface area contributed by atoms with Crippen molar-refractivity contribution in [3.63, 3.8) is 0 Å². The molecule has 0 aliphatic carbocycles. The molecule has 4 rings (SSSR count). The van der Waals surface area contributed by atoms with Gasteiger partial charge in [0.15, 0.2) is 5.16 Å². The van der Waals surface area contributed by atoms with Crippen LogP contribution in [-0.2, 0) is 16.6 Å². The zero-order valence-electron chi connectivity index (χ0n) is 17.9. The van der Waals surface area contributed by atoms with Gasteiger partial charge in [0.2, 0.25) is 17.6 Å². The molecule has 0 aliphatic heterocycles. The van der Waals surface area contributed by atoms with Crippen molar-refractivity contribution in [2.45, 2.75) is 12.1 Å². The molecule has 0 bridgehead atoms. The Kier molecular flexibility index (Phi) is 6.79. The lowest BCUT2D eigenvalue weighted by Crippen LogP contribution is -2.17. The second-order valence-corrected chi connectivity index (χ2v) is 7.70. The van der Waals surface area contributed by atoms with Crippen LogP contribution < -0.4 is 5.32 Å². The van der Waals surface area contributed by atoms with Crippen molar-refractivity contribution in [2.24, 2.45) is 7.05 Å². The van der Waals surface area contributed by atoms with Crippen molar-refractivity contribution < 1.29 is 18.8 Å². The summed E-state index contributed by atoms with van der Waals surface area (Å²) < 4.78 is 12.0. The fraction of sp³-hybridized carbons (Fsp3) is 0.182. The van der Waals surface area contributed by atoms with E-state index in [9.17, 15) is 9.59 Å². The number of nitrogens with one attached hydrogen (secondary N) is 1. The highest BCUT2D eigenvalue weighted by atomic mass is 32.2. The number of para-hydroxylation sites is 1. The molecule has 10 nitrogen and oxygen atoms in total. The van der Waals surface area contributed by atoms with Crippen LogP contribution in [0.4, 0.5) is 5.69 Å². The number of aromatic nitrogens is 5. The minimum absolute atomic E-state index is 0.0578. The first kappa shape index (κ1) is 22.2. The van der Waals surface area contributed by atoms with E-state index in [0.29, 0.717) is 28.1 Å². The van der Waals surface area contributed by atoms with Crippen LogP contribution in [0.15, 0.2) is 64.3 Å². The maximum Gasteiger partial charge on any atom is 0.340 e. The van der Waals surface area contributed by atoms with E-state index >= 15 is 0 Å². The number of anilines is 1. The molecule has 0 atom stereocenters. The Hall–Kier alpha value is -3.99. The van der Waals surface area contributed by atoms with Gasteiger partial charge in [-0.3, -0.25) is 4.79 Å². The van der Waals surface area contributed by atoms with E-state index in [1.807, 2.05) is 30.3 Å². The molecule has 0 fully saturated rings. The van der Waals surface area contributed by atoms with Crippen LogP contribution in [0.1, 0.15) is 17.3 Å². The van der Waals surface area contributed by atoms with Crippen LogP contribution in [0.3, 0.4) is 0 Å². The Morgan fingerprint density at radius 2 is 1.85 bits per heavy atom. The zero-order valence-corrected chi connectivity index (χ0v) is 18.7. The molecule has 0 unspecified atom stereocenters. The lowest BCUT2D eigenvalue weighted by Gasteiger charge is -2.10. The standard InChI is InChI=1S/C22H20N6O4S/c1-3-31-21(30)15-11-7-8-12-16(15)23-17(29)13-33-22-26-25-19(28(22)2)20-24-18(27-32-20)14-9-5-4-6-10-14/h4-12H,3,13H2,1-2H3,(H,23,29). The summed E-state index contributed by atoms with van der Waals surface area (Å²) in [7, 11) is 1.75. The van der Waals surface area contributed by atoms with Gasteiger partial charge in [0.25, 0.3) is 5.89 Å². The lowest BCUT2D eigenvalue weighted by molar-refractivity contribution is -0.113. The van der Waals surface area contributed by atoms with Gasteiger partial charge in [-0.1, -0.05) is 59.4 Å². The molecule has 2 aromatic heterocycles. The summed E-state index contributed by atoms with van der Waals surface area (Å²) in [5, 5.41) is 15.5. The van der Waals surface area contributed by atoms with Gasteiger partial charge in [0, 0.05) is 12.6 Å². The molecule has 2 aromatic carbocycles. The Labute approximate surface area is 193 Å². The number of nitrogens with zero attached hydrogens (tertiary/aromatic N) is 5. The van der Waals surface area contributed by atoms with E-state index in [4.69, 9.17) is 9.26 Å². The summed E-state index contributed by atoms with van der Waals surface area (Å²) in [6.07, 6.45) is 0. The van der Waals surface area contributed by atoms with Gasteiger partial charge < -0.3 is 19.1 Å². The third-order valence-electron chi connectivity index (χ3n) is 4.51. The second kappa shape index (κ2) is 10.1. The zero-order chi connectivity index (χ0) is 23.2. The van der Waals surface area contributed by atoms with E-state index in [-0.39, 0.29) is 24.2 Å². The normalized spacial score (nSPS) is 10.7. The average molecular weight is 465 g/mol. The minimum atomic E-state index is -0.492. The average Bonchev–Trinajstić information content (AvgIpc) is 3.45. The molecule has 0 saturated heterocycles. The lowest BCUT2D eigenvalue weighted by atomic mass is 10.2. The number of hydrogen-bond acceptors (Lipinski definition) is 9. The number of amides is 1. The van der Waals surface area contributed by atoms with Gasteiger partial charge in [-0.2, -0.15) is 4.98 Å². The highest BCUT2D eigenvalue weighted by Crippen LogP contribution is 2.24. The fourth-order valence-corrected chi connectivity index (χ4v) is 3.65. The summed E-state index contributed by atoms with van der Waals surface area (Å²) in [6, 6.07) is 16.1. The van der Waals surface area contributed by atoms with Gasteiger partial charge in [0.05, 0.1) is 23.6 Å². The van der Waals surface area contributed by atoms with Crippen LogP contribution in [0.2, 0.25) is 0 Å². The molecule has 168 valence electrons. The maximum atomic E-state index is 12.5. The monoisotopic (exact) mass is 464 g/mol. The second-order valence-electron chi connectivity index (χ2n) is 6.76. The number of thioether (sulfide) groups is 1. The third-order valence-corrected chi connectivity index (χ3v) is 5.53. The Balaban J connectivity index is 1.41. The van der Waals surface area contributed by atoms with Crippen LogP contribution in [0.25, 0.3) is 23.1 Å². The number of carbonyl (C=O) groups excluding carboxylic acids is 2. The van der Waals surface area contributed by atoms with Gasteiger partial charge >= 0.3 is 5.97 Å². The fourth-order valence-electron chi connectivity index (χ4n) is 2.94. The van der Waals surface area contributed by atoms with Crippen LogP contribution >= 0.6 is 11.8 Å². The molecule has 11 heteroatoms. The van der Waals surface area contributed by atoms with E-state index in [1.54, 1.807) is 42.8 Å². The molecule has 0 aliphatic rings. The van der Waals surface area contributed by atoms with E-state index < -0.39 is 5.97 Å². The molecular weight excluding hydrogens is 444 g/mol. The first-order valence-corrected chi connectivity index (χ1v) is 11.0. The number of rotatable bonds is 8. The van der Waals surface area contributed by atoms with Crippen LogP contribution in [-0.4, -0.2) is 49.1 Å². The van der Waals surface area contributed by atoms with Crippen molar-refractivity contribution in [1.29, 1.82) is 0 Å². The number of esters is 1. The topological polar surface area (TPSA) is 125 Å². The molecule has 0 radical (unpaired) electrons. The summed E-state index contributed by atoms with van der Waals surface area (Å²) in [4.78, 5) is 28.9. The van der Waals surface area contributed by atoms with Gasteiger partial charge in [-0.15, -0.1) is 10.2 Å².